The van der Waals surface area contributed by atoms with E-state index in [1.807, 2.05) is 0 Å². The number of amides is 1. The fraction of sp³-hybridized carbons (Fsp3) is 0.182. The highest BCUT2D eigenvalue weighted by molar-refractivity contribution is 9.10. The van der Waals surface area contributed by atoms with Crippen LogP contribution in [0, 0.1) is 0 Å². The summed E-state index contributed by atoms with van der Waals surface area (Å²) in [4.78, 5) is 22.2. The largest absolute Gasteiger partial charge is 0.478 e. The zero-order chi connectivity index (χ0) is 13.7. The number of rotatable bonds is 3. The number of halogens is 1. The van der Waals surface area contributed by atoms with Crippen molar-refractivity contribution in [1.29, 1.82) is 0 Å². The number of carbonyl (C=O) groups is 2. The van der Waals surface area contributed by atoms with Crippen molar-refractivity contribution in [3.05, 3.63) is 28.2 Å². The van der Waals surface area contributed by atoms with Crippen LogP contribution in [0.4, 0.5) is 5.69 Å². The molecule has 1 aromatic carbocycles. The van der Waals surface area contributed by atoms with Gasteiger partial charge in [0.25, 0.3) is 0 Å². The van der Waals surface area contributed by atoms with Crippen LogP contribution in [0.15, 0.2) is 22.7 Å². The van der Waals surface area contributed by atoms with E-state index >= 15 is 0 Å². The van der Waals surface area contributed by atoms with E-state index in [9.17, 15) is 9.59 Å². The second-order valence-corrected chi connectivity index (χ2v) is 4.67. The lowest BCUT2D eigenvalue weighted by Gasteiger charge is -2.11. The Morgan fingerprint density at radius 3 is 2.67 bits per heavy atom. The molecule has 1 aromatic rings. The maximum absolute atomic E-state index is 11.1. The minimum absolute atomic E-state index is 0.0671. The molecule has 1 rings (SSSR count). The van der Waals surface area contributed by atoms with Crippen molar-refractivity contribution in [1.82, 2.24) is 5.32 Å². The maximum Gasteiger partial charge on any atom is 0.337 e. The number of carboxylic acid groups (broad SMARTS) is 1. The molecular formula is C11H11BrN2O3S. The summed E-state index contributed by atoms with van der Waals surface area (Å²) in [5, 5.41) is 14.2. The first-order chi connectivity index (χ1) is 8.43. The summed E-state index contributed by atoms with van der Waals surface area (Å²) in [5.41, 5.74) is 0.393. The molecule has 0 fully saturated rings. The zero-order valence-corrected chi connectivity index (χ0v) is 11.9. The third-order valence-corrected chi connectivity index (χ3v) is 2.73. The quantitative estimate of drug-likeness (QED) is 0.741. The van der Waals surface area contributed by atoms with Crippen LogP contribution in [0.25, 0.3) is 0 Å². The summed E-state index contributed by atoms with van der Waals surface area (Å²) in [6.45, 7) is 1.69. The van der Waals surface area contributed by atoms with Crippen molar-refractivity contribution in [2.45, 2.75) is 13.3 Å². The standard InChI is InChI=1S/C11H11BrN2O3S/c1-2-9(15)14-11(18)13-8-4-3-6(12)5-7(8)10(16)17/h3-5H,2H2,1H3,(H,16,17)(H2,13,14,15,18). The number of benzene rings is 1. The SMILES string of the molecule is CCC(=O)NC(=S)Nc1ccc(Br)cc1C(=O)O. The molecule has 0 saturated heterocycles. The molecule has 7 heteroatoms. The number of thiocarbonyl (C=S) groups is 1. The molecule has 0 saturated carbocycles. The van der Waals surface area contributed by atoms with Gasteiger partial charge in [-0.05, 0) is 30.4 Å². The Morgan fingerprint density at radius 2 is 2.11 bits per heavy atom. The number of aromatic carboxylic acids is 1. The highest BCUT2D eigenvalue weighted by Gasteiger charge is 2.12. The van der Waals surface area contributed by atoms with Crippen LogP contribution in [0.2, 0.25) is 0 Å². The smallest absolute Gasteiger partial charge is 0.337 e. The van der Waals surface area contributed by atoms with Gasteiger partial charge in [0.2, 0.25) is 5.91 Å². The Bertz CT molecular complexity index is 505. The predicted molar refractivity (Wildman–Crippen MR) is 75.8 cm³/mol. The second kappa shape index (κ2) is 6.46. The first-order valence-corrected chi connectivity index (χ1v) is 6.27. The first-order valence-electron chi connectivity index (χ1n) is 5.07. The van der Waals surface area contributed by atoms with E-state index in [0.29, 0.717) is 16.6 Å². The van der Waals surface area contributed by atoms with E-state index in [4.69, 9.17) is 17.3 Å². The Kier molecular flexibility index (Phi) is 5.24. The van der Waals surface area contributed by atoms with E-state index in [1.165, 1.54) is 6.07 Å². The molecule has 5 nitrogen and oxygen atoms in total. The van der Waals surface area contributed by atoms with E-state index < -0.39 is 5.97 Å². The van der Waals surface area contributed by atoms with Crippen molar-refractivity contribution in [2.24, 2.45) is 0 Å². The van der Waals surface area contributed by atoms with E-state index in [-0.39, 0.29) is 16.6 Å². The Labute approximate surface area is 118 Å². The molecule has 1 amide bonds. The number of carbonyl (C=O) groups excluding carboxylic acids is 1. The highest BCUT2D eigenvalue weighted by atomic mass is 79.9. The molecule has 0 unspecified atom stereocenters. The highest BCUT2D eigenvalue weighted by Crippen LogP contribution is 2.21. The lowest BCUT2D eigenvalue weighted by atomic mass is 10.2. The van der Waals surface area contributed by atoms with E-state index in [0.717, 1.165) is 0 Å². The maximum atomic E-state index is 11.1. The van der Waals surface area contributed by atoms with Crippen molar-refractivity contribution in [3.63, 3.8) is 0 Å². The van der Waals surface area contributed by atoms with Gasteiger partial charge in [-0.1, -0.05) is 22.9 Å². The van der Waals surface area contributed by atoms with Gasteiger partial charge in [0.15, 0.2) is 5.11 Å². The molecule has 96 valence electrons. The van der Waals surface area contributed by atoms with Crippen molar-refractivity contribution in [2.75, 3.05) is 5.32 Å². The summed E-state index contributed by atoms with van der Waals surface area (Å²) in [7, 11) is 0. The van der Waals surface area contributed by atoms with Gasteiger partial charge in [-0.25, -0.2) is 4.79 Å². The molecule has 0 aliphatic heterocycles. The Balaban J connectivity index is 2.87. The summed E-state index contributed by atoms with van der Waals surface area (Å²) in [5.74, 6) is -1.31. The first kappa shape index (κ1) is 14.6. The van der Waals surface area contributed by atoms with Crippen LogP contribution in [-0.4, -0.2) is 22.1 Å². The summed E-state index contributed by atoms with van der Waals surface area (Å²) < 4.78 is 0.647. The molecule has 0 atom stereocenters. The number of hydrogen-bond donors (Lipinski definition) is 3. The van der Waals surface area contributed by atoms with Crippen molar-refractivity contribution in [3.8, 4) is 0 Å². The van der Waals surface area contributed by atoms with Crippen LogP contribution in [0.3, 0.4) is 0 Å². The van der Waals surface area contributed by atoms with Gasteiger partial charge in [-0.15, -0.1) is 0 Å². The Morgan fingerprint density at radius 1 is 1.44 bits per heavy atom. The van der Waals surface area contributed by atoms with Crippen molar-refractivity contribution >= 4 is 50.8 Å². The lowest BCUT2D eigenvalue weighted by molar-refractivity contribution is -0.119. The molecule has 0 bridgehead atoms. The monoisotopic (exact) mass is 330 g/mol. The molecule has 0 aliphatic carbocycles. The van der Waals surface area contributed by atoms with Gasteiger partial charge in [0.05, 0.1) is 11.3 Å². The van der Waals surface area contributed by atoms with Crippen LogP contribution >= 0.6 is 28.1 Å². The van der Waals surface area contributed by atoms with Gasteiger partial charge in [-0.2, -0.15) is 0 Å². The van der Waals surface area contributed by atoms with Crippen LogP contribution < -0.4 is 10.6 Å². The number of nitrogens with one attached hydrogen (secondary N) is 2. The third kappa shape index (κ3) is 4.08. The van der Waals surface area contributed by atoms with Gasteiger partial charge < -0.3 is 15.7 Å². The molecule has 0 heterocycles. The van der Waals surface area contributed by atoms with Gasteiger partial charge in [0.1, 0.15) is 0 Å². The molecular weight excluding hydrogens is 320 g/mol. The second-order valence-electron chi connectivity index (χ2n) is 3.35. The Hall–Kier alpha value is -1.47. The molecule has 0 spiro atoms. The van der Waals surface area contributed by atoms with Gasteiger partial charge in [-0.3, -0.25) is 4.79 Å². The topological polar surface area (TPSA) is 78.4 Å². The molecule has 0 aromatic heterocycles. The molecule has 0 aliphatic rings. The summed E-state index contributed by atoms with van der Waals surface area (Å²) >= 11 is 8.10. The number of hydrogen-bond acceptors (Lipinski definition) is 3. The molecule has 3 N–H and O–H groups in total. The molecule has 18 heavy (non-hydrogen) atoms. The van der Waals surface area contributed by atoms with Crippen LogP contribution in [0.5, 0.6) is 0 Å². The van der Waals surface area contributed by atoms with E-state index in [1.54, 1.807) is 19.1 Å². The zero-order valence-electron chi connectivity index (χ0n) is 9.49. The van der Waals surface area contributed by atoms with Gasteiger partial charge >= 0.3 is 5.97 Å². The van der Waals surface area contributed by atoms with E-state index in [2.05, 4.69) is 26.6 Å². The van der Waals surface area contributed by atoms with Crippen LogP contribution in [-0.2, 0) is 4.79 Å². The summed E-state index contributed by atoms with van der Waals surface area (Å²) in [6, 6.07) is 4.70. The average molecular weight is 331 g/mol. The lowest BCUT2D eigenvalue weighted by Crippen LogP contribution is -2.33. The normalized spacial score (nSPS) is 9.67. The summed E-state index contributed by atoms with van der Waals surface area (Å²) in [6.07, 6.45) is 0.300. The average Bonchev–Trinajstić information content (AvgIpc) is 2.30. The minimum atomic E-state index is -1.08. The fourth-order valence-electron chi connectivity index (χ4n) is 1.17. The molecule has 0 radical (unpaired) electrons. The van der Waals surface area contributed by atoms with Crippen molar-refractivity contribution < 1.29 is 14.7 Å². The number of carboxylic acids is 1. The van der Waals surface area contributed by atoms with Gasteiger partial charge in [0, 0.05) is 10.9 Å². The predicted octanol–water partition coefficient (Wildman–Crippen LogP) is 2.37. The minimum Gasteiger partial charge on any atom is -0.478 e. The fourth-order valence-corrected chi connectivity index (χ4v) is 1.76. The number of anilines is 1. The third-order valence-electron chi connectivity index (χ3n) is 2.03. The van der Waals surface area contributed by atoms with Crippen LogP contribution in [0.1, 0.15) is 23.7 Å².